The van der Waals surface area contributed by atoms with Gasteiger partial charge in [-0.05, 0) is 49.4 Å². The number of ether oxygens (including phenoxy) is 1. The molecule has 0 aliphatic carbocycles. The fourth-order valence-electron chi connectivity index (χ4n) is 2.76. The topological polar surface area (TPSA) is 75.7 Å². The Bertz CT molecular complexity index is 963. The number of halogens is 2. The lowest BCUT2D eigenvalue weighted by molar-refractivity contribution is 0.102. The third-order valence-electron chi connectivity index (χ3n) is 4.17. The van der Waals surface area contributed by atoms with Crippen LogP contribution in [0.15, 0.2) is 52.3 Å². The molecule has 0 saturated heterocycles. The molecule has 0 aliphatic rings. The molecule has 1 N–H and O–H groups in total. The molecule has 0 spiro atoms. The Hall–Kier alpha value is -2.17. The van der Waals surface area contributed by atoms with E-state index in [0.717, 1.165) is 0 Å². The van der Waals surface area contributed by atoms with Crippen LogP contribution in [0, 0.1) is 0 Å². The van der Waals surface area contributed by atoms with E-state index in [2.05, 4.69) is 5.32 Å². The van der Waals surface area contributed by atoms with E-state index in [1.807, 2.05) is 0 Å². The van der Waals surface area contributed by atoms with Crippen molar-refractivity contribution in [1.82, 2.24) is 4.31 Å². The van der Waals surface area contributed by atoms with Gasteiger partial charge in [-0.15, -0.1) is 0 Å². The highest BCUT2D eigenvalue weighted by Gasteiger charge is 2.26. The van der Waals surface area contributed by atoms with Crippen LogP contribution in [0.4, 0.5) is 14.5 Å². The van der Waals surface area contributed by atoms with Gasteiger partial charge in [0.1, 0.15) is 10.6 Å². The van der Waals surface area contributed by atoms with Gasteiger partial charge in [0.2, 0.25) is 10.0 Å². The summed E-state index contributed by atoms with van der Waals surface area (Å²) in [5.41, 5.74) is 0.538. The summed E-state index contributed by atoms with van der Waals surface area (Å²) in [6.07, 6.45) is 0. The van der Waals surface area contributed by atoms with Crippen LogP contribution in [0.3, 0.4) is 0 Å². The van der Waals surface area contributed by atoms with Gasteiger partial charge < -0.3 is 10.1 Å². The molecule has 0 saturated carbocycles. The summed E-state index contributed by atoms with van der Waals surface area (Å²) in [5, 5.41) is 2.64. The average molecular weight is 459 g/mol. The van der Waals surface area contributed by atoms with E-state index in [1.54, 1.807) is 26.8 Å². The van der Waals surface area contributed by atoms with E-state index in [0.29, 0.717) is 29.7 Å². The molecular weight excluding hydrogens is 434 g/mol. The van der Waals surface area contributed by atoms with E-state index >= 15 is 0 Å². The van der Waals surface area contributed by atoms with Crippen LogP contribution in [0.25, 0.3) is 0 Å². The molecule has 2 rings (SSSR count). The maximum absolute atomic E-state index is 13.0. The number of nitrogens with zero attached hydrogens (tertiary/aromatic N) is 1. The molecule has 30 heavy (non-hydrogen) atoms. The third kappa shape index (κ3) is 5.93. The van der Waals surface area contributed by atoms with Gasteiger partial charge in [-0.25, -0.2) is 8.42 Å². The first-order valence-electron chi connectivity index (χ1n) is 9.36. The lowest BCUT2D eigenvalue weighted by Gasteiger charge is -2.21. The van der Waals surface area contributed by atoms with Crippen molar-refractivity contribution < 1.29 is 26.7 Å². The van der Waals surface area contributed by atoms with Gasteiger partial charge in [0, 0.05) is 29.2 Å². The molecule has 1 amide bonds. The highest BCUT2D eigenvalue weighted by atomic mass is 32.2. The predicted molar refractivity (Wildman–Crippen MR) is 114 cm³/mol. The van der Waals surface area contributed by atoms with Gasteiger partial charge in [0.25, 0.3) is 11.7 Å². The minimum Gasteiger partial charge on any atom is -0.492 e. The molecule has 0 bridgehead atoms. The summed E-state index contributed by atoms with van der Waals surface area (Å²) < 4.78 is 57.6. The fourth-order valence-corrected chi connectivity index (χ4v) is 4.87. The number of amides is 1. The highest BCUT2D eigenvalue weighted by molar-refractivity contribution is 7.99. The average Bonchev–Trinajstić information content (AvgIpc) is 2.70. The molecule has 0 aliphatic heterocycles. The molecule has 2 aromatic rings. The Morgan fingerprint density at radius 1 is 1.10 bits per heavy atom. The number of rotatable bonds is 10. The van der Waals surface area contributed by atoms with Crippen LogP contribution in [-0.4, -0.2) is 44.1 Å². The number of thioether (sulfide) groups is 1. The number of alkyl halides is 2. The second kappa shape index (κ2) is 10.7. The monoisotopic (exact) mass is 458 g/mol. The van der Waals surface area contributed by atoms with Gasteiger partial charge in [0.15, 0.2) is 0 Å². The maximum atomic E-state index is 13.0. The van der Waals surface area contributed by atoms with Crippen LogP contribution in [0.5, 0.6) is 5.75 Å². The summed E-state index contributed by atoms with van der Waals surface area (Å²) in [4.78, 5) is 12.8. The van der Waals surface area contributed by atoms with Crippen LogP contribution in [-0.2, 0) is 10.0 Å². The normalized spacial score (nSPS) is 11.7. The van der Waals surface area contributed by atoms with Crippen molar-refractivity contribution in [1.29, 1.82) is 0 Å². The van der Waals surface area contributed by atoms with E-state index in [1.165, 1.54) is 40.7 Å². The Morgan fingerprint density at radius 3 is 2.27 bits per heavy atom. The minimum atomic E-state index is -3.81. The van der Waals surface area contributed by atoms with Gasteiger partial charge in [-0.1, -0.05) is 25.6 Å². The van der Waals surface area contributed by atoms with Crippen LogP contribution in [0.2, 0.25) is 0 Å². The largest absolute Gasteiger partial charge is 0.492 e. The Labute approximate surface area is 179 Å². The van der Waals surface area contributed by atoms with E-state index in [9.17, 15) is 22.0 Å². The van der Waals surface area contributed by atoms with Crippen molar-refractivity contribution in [2.75, 3.05) is 25.0 Å². The van der Waals surface area contributed by atoms with Gasteiger partial charge >= 0.3 is 0 Å². The SMILES string of the molecule is CCOc1ccc(NC(=O)c2ccc(SC(F)F)cc2)cc1S(=O)(=O)N(CC)CC. The second-order valence-corrected chi connectivity index (χ2v) is 9.01. The zero-order chi connectivity index (χ0) is 22.3. The summed E-state index contributed by atoms with van der Waals surface area (Å²) in [5.74, 6) is -2.82. The van der Waals surface area contributed by atoms with Crippen LogP contribution < -0.4 is 10.1 Å². The standard InChI is InChI=1S/C20H24F2N2O4S2/c1-4-24(5-2)30(26,27)18-13-15(9-12-17(18)28-6-3)23-19(25)14-7-10-16(11-8-14)29-20(21)22/h7-13,20H,4-6H2,1-3H3,(H,23,25). The first-order valence-corrected chi connectivity index (χ1v) is 11.7. The van der Waals surface area contributed by atoms with E-state index < -0.39 is 21.7 Å². The van der Waals surface area contributed by atoms with Crippen LogP contribution in [0.1, 0.15) is 31.1 Å². The van der Waals surface area contributed by atoms with Crippen molar-refractivity contribution in [2.45, 2.75) is 36.3 Å². The lowest BCUT2D eigenvalue weighted by Crippen LogP contribution is -2.31. The van der Waals surface area contributed by atoms with E-state index in [-0.39, 0.29) is 28.5 Å². The number of carbonyl (C=O) groups excluding carboxylic acids is 1. The lowest BCUT2D eigenvalue weighted by atomic mass is 10.2. The second-order valence-electron chi connectivity index (χ2n) is 6.04. The van der Waals surface area contributed by atoms with Gasteiger partial charge in [0.05, 0.1) is 6.61 Å². The van der Waals surface area contributed by atoms with Gasteiger partial charge in [-0.3, -0.25) is 4.79 Å². The zero-order valence-corrected chi connectivity index (χ0v) is 18.5. The molecule has 0 atom stereocenters. The number of sulfonamides is 1. The first kappa shape index (κ1) is 24.1. The Morgan fingerprint density at radius 2 is 1.73 bits per heavy atom. The number of carbonyl (C=O) groups is 1. The summed E-state index contributed by atoms with van der Waals surface area (Å²) in [7, 11) is -3.81. The molecule has 0 unspecified atom stereocenters. The number of anilines is 1. The third-order valence-corrected chi connectivity index (χ3v) is 6.96. The summed E-state index contributed by atoms with van der Waals surface area (Å²) >= 11 is 0.390. The van der Waals surface area contributed by atoms with Crippen molar-refractivity contribution in [3.63, 3.8) is 0 Å². The summed E-state index contributed by atoms with van der Waals surface area (Å²) in [6.45, 7) is 6.11. The Balaban J connectivity index is 2.31. The molecule has 0 fully saturated rings. The van der Waals surface area contributed by atoms with Crippen molar-refractivity contribution in [3.8, 4) is 5.75 Å². The molecule has 6 nitrogen and oxygen atoms in total. The quantitative estimate of drug-likeness (QED) is 0.523. The minimum absolute atomic E-state index is 0.0328. The smallest absolute Gasteiger partial charge is 0.288 e. The number of hydrogen-bond acceptors (Lipinski definition) is 5. The molecule has 10 heteroatoms. The van der Waals surface area contributed by atoms with Crippen LogP contribution >= 0.6 is 11.8 Å². The molecule has 0 aromatic heterocycles. The van der Waals surface area contributed by atoms with Gasteiger partial charge in [-0.2, -0.15) is 13.1 Å². The zero-order valence-electron chi connectivity index (χ0n) is 16.9. The van der Waals surface area contributed by atoms with Crippen molar-refractivity contribution >= 4 is 33.4 Å². The number of nitrogens with one attached hydrogen (secondary N) is 1. The number of hydrogen-bond donors (Lipinski definition) is 1. The highest BCUT2D eigenvalue weighted by Crippen LogP contribution is 2.30. The fraction of sp³-hybridized carbons (Fsp3) is 0.350. The maximum Gasteiger partial charge on any atom is 0.288 e. The molecule has 0 heterocycles. The van der Waals surface area contributed by atoms with E-state index in [4.69, 9.17) is 4.74 Å². The first-order chi connectivity index (χ1) is 14.2. The molecule has 164 valence electrons. The number of benzene rings is 2. The predicted octanol–water partition coefficient (Wildman–Crippen LogP) is 4.68. The Kier molecular flexibility index (Phi) is 8.63. The molecule has 0 radical (unpaired) electrons. The summed E-state index contributed by atoms with van der Waals surface area (Å²) in [6, 6.07) is 10.1. The van der Waals surface area contributed by atoms with Crippen molar-refractivity contribution in [3.05, 3.63) is 48.0 Å². The van der Waals surface area contributed by atoms with Crippen molar-refractivity contribution in [2.24, 2.45) is 0 Å². The molecular formula is C20H24F2N2O4S2. The molecule has 2 aromatic carbocycles.